The molecule has 0 saturated heterocycles. The summed E-state index contributed by atoms with van der Waals surface area (Å²) in [6, 6.07) is 12.1. The van der Waals surface area contributed by atoms with Gasteiger partial charge in [0.05, 0.1) is 12.7 Å². The van der Waals surface area contributed by atoms with Gasteiger partial charge in [0.2, 0.25) is 0 Å². The maximum atomic E-state index is 12.1. The number of hydrogen-bond acceptors (Lipinski definition) is 6. The van der Waals surface area contributed by atoms with Gasteiger partial charge in [0.15, 0.2) is 12.7 Å². The molecule has 0 radical (unpaired) electrons. The largest absolute Gasteiger partial charge is 0.479 e. The number of amides is 1. The van der Waals surface area contributed by atoms with Crippen LogP contribution in [-0.2, 0) is 19.1 Å². The van der Waals surface area contributed by atoms with E-state index in [1.165, 1.54) is 13.2 Å². The van der Waals surface area contributed by atoms with Crippen molar-refractivity contribution >= 4 is 23.5 Å². The Balaban J connectivity index is 1.89. The van der Waals surface area contributed by atoms with Gasteiger partial charge in [0.1, 0.15) is 5.75 Å². The summed E-state index contributed by atoms with van der Waals surface area (Å²) in [5.41, 5.74) is 2.50. The van der Waals surface area contributed by atoms with Crippen LogP contribution in [-0.4, -0.2) is 37.7 Å². The van der Waals surface area contributed by atoms with Crippen LogP contribution in [0.5, 0.6) is 5.75 Å². The maximum Gasteiger partial charge on any atom is 0.347 e. The summed E-state index contributed by atoms with van der Waals surface area (Å²) < 4.78 is 15.2. The number of hydrogen-bond donors (Lipinski definition) is 1. The van der Waals surface area contributed by atoms with Crippen LogP contribution in [0.25, 0.3) is 0 Å². The number of anilines is 1. The van der Waals surface area contributed by atoms with Crippen LogP contribution < -0.4 is 10.1 Å². The van der Waals surface area contributed by atoms with Crippen molar-refractivity contribution in [1.82, 2.24) is 0 Å². The molecule has 0 aliphatic heterocycles. The molecular formula is C21H23NO6. The summed E-state index contributed by atoms with van der Waals surface area (Å²) >= 11 is 0. The van der Waals surface area contributed by atoms with Gasteiger partial charge in [-0.3, -0.25) is 4.79 Å². The average Bonchev–Trinajstić information content (AvgIpc) is 2.67. The second-order valence-electron chi connectivity index (χ2n) is 6.25. The Hall–Kier alpha value is -3.35. The van der Waals surface area contributed by atoms with Crippen LogP contribution in [0.2, 0.25) is 0 Å². The number of nitrogens with one attached hydrogen (secondary N) is 1. The predicted molar refractivity (Wildman–Crippen MR) is 103 cm³/mol. The second-order valence-corrected chi connectivity index (χ2v) is 6.25. The van der Waals surface area contributed by atoms with E-state index in [0.29, 0.717) is 17.0 Å². The fraction of sp³-hybridized carbons (Fsp3) is 0.286. The van der Waals surface area contributed by atoms with E-state index in [4.69, 9.17) is 9.47 Å². The van der Waals surface area contributed by atoms with E-state index in [0.717, 1.165) is 11.1 Å². The molecule has 0 bridgehead atoms. The highest BCUT2D eigenvalue weighted by molar-refractivity contribution is 5.96. The molecule has 28 heavy (non-hydrogen) atoms. The summed E-state index contributed by atoms with van der Waals surface area (Å²) in [6.45, 7) is 4.77. The highest BCUT2D eigenvalue weighted by Crippen LogP contribution is 2.18. The number of carbonyl (C=O) groups excluding carboxylic acids is 3. The van der Waals surface area contributed by atoms with Gasteiger partial charge in [-0.15, -0.1) is 0 Å². The molecule has 0 saturated carbocycles. The zero-order valence-corrected chi connectivity index (χ0v) is 16.3. The molecule has 0 aromatic heterocycles. The fourth-order valence-electron chi connectivity index (χ4n) is 2.38. The fourth-order valence-corrected chi connectivity index (χ4v) is 2.38. The van der Waals surface area contributed by atoms with Gasteiger partial charge in [0, 0.05) is 5.69 Å². The van der Waals surface area contributed by atoms with E-state index in [1.54, 1.807) is 38.1 Å². The molecule has 0 heterocycles. The first-order chi connectivity index (χ1) is 13.3. The third-order valence-electron chi connectivity index (χ3n) is 3.91. The number of esters is 2. The van der Waals surface area contributed by atoms with Gasteiger partial charge in [0.25, 0.3) is 5.91 Å². The van der Waals surface area contributed by atoms with E-state index in [1.807, 2.05) is 19.1 Å². The summed E-state index contributed by atoms with van der Waals surface area (Å²) in [5.74, 6) is -1.15. The predicted octanol–water partition coefficient (Wildman–Crippen LogP) is 3.04. The Kier molecular flexibility index (Phi) is 7.14. The van der Waals surface area contributed by atoms with Crippen molar-refractivity contribution in [3.8, 4) is 5.75 Å². The molecule has 0 aliphatic carbocycles. The van der Waals surface area contributed by atoms with Crippen LogP contribution in [0.15, 0.2) is 42.5 Å². The molecule has 148 valence electrons. The summed E-state index contributed by atoms with van der Waals surface area (Å²) in [7, 11) is 1.28. The van der Waals surface area contributed by atoms with E-state index in [9.17, 15) is 14.4 Å². The second kappa shape index (κ2) is 9.55. The minimum atomic E-state index is -0.862. The normalized spacial score (nSPS) is 11.3. The first-order valence-corrected chi connectivity index (χ1v) is 8.69. The highest BCUT2D eigenvalue weighted by atomic mass is 16.6. The van der Waals surface area contributed by atoms with Crippen LogP contribution in [0.3, 0.4) is 0 Å². The number of methoxy groups -OCH3 is 1. The van der Waals surface area contributed by atoms with Crippen molar-refractivity contribution in [2.45, 2.75) is 26.9 Å². The van der Waals surface area contributed by atoms with Crippen molar-refractivity contribution in [1.29, 1.82) is 0 Å². The Labute approximate surface area is 163 Å². The SMILES string of the molecule is COC(=O)c1ccc(C)c(NC(=O)COC(=O)[C@H](C)Oc2cccc(C)c2)c1. The third-order valence-corrected chi connectivity index (χ3v) is 3.91. The number of aryl methyl sites for hydroxylation is 2. The van der Waals surface area contributed by atoms with Crippen LogP contribution in [0.4, 0.5) is 5.69 Å². The monoisotopic (exact) mass is 385 g/mol. The molecule has 2 aromatic carbocycles. The quantitative estimate of drug-likeness (QED) is 0.737. The number of carbonyl (C=O) groups is 3. The smallest absolute Gasteiger partial charge is 0.347 e. The average molecular weight is 385 g/mol. The molecule has 0 fully saturated rings. The van der Waals surface area contributed by atoms with Gasteiger partial charge in [-0.25, -0.2) is 9.59 Å². The standard InChI is InChI=1S/C21H23NO6/c1-13-6-5-7-17(10-13)28-15(3)20(24)27-12-19(23)22-18-11-16(21(25)26-4)9-8-14(18)2/h5-11,15H,12H2,1-4H3,(H,22,23)/t15-/m0/s1. The van der Waals surface area contributed by atoms with Gasteiger partial charge < -0.3 is 19.5 Å². The van der Waals surface area contributed by atoms with Crippen molar-refractivity contribution in [2.24, 2.45) is 0 Å². The van der Waals surface area contributed by atoms with E-state index in [-0.39, 0.29) is 0 Å². The maximum absolute atomic E-state index is 12.1. The lowest BCUT2D eigenvalue weighted by atomic mass is 10.1. The Bertz CT molecular complexity index is 877. The molecule has 7 heteroatoms. The lowest BCUT2D eigenvalue weighted by Crippen LogP contribution is -2.29. The Morgan fingerprint density at radius 1 is 1.07 bits per heavy atom. The molecule has 0 unspecified atom stereocenters. The van der Waals surface area contributed by atoms with Crippen LogP contribution in [0, 0.1) is 13.8 Å². The minimum absolute atomic E-state index is 0.306. The third kappa shape index (κ3) is 5.84. The zero-order chi connectivity index (χ0) is 20.7. The number of rotatable bonds is 7. The van der Waals surface area contributed by atoms with Gasteiger partial charge in [-0.2, -0.15) is 0 Å². The lowest BCUT2D eigenvalue weighted by Gasteiger charge is -2.15. The van der Waals surface area contributed by atoms with Gasteiger partial charge in [-0.1, -0.05) is 18.2 Å². The molecule has 0 aliphatic rings. The summed E-state index contributed by atoms with van der Waals surface area (Å²) in [4.78, 5) is 35.8. The van der Waals surface area contributed by atoms with Gasteiger partial charge in [-0.05, 0) is 56.2 Å². The van der Waals surface area contributed by atoms with Gasteiger partial charge >= 0.3 is 11.9 Å². The Morgan fingerprint density at radius 3 is 2.50 bits per heavy atom. The molecule has 7 nitrogen and oxygen atoms in total. The van der Waals surface area contributed by atoms with Crippen molar-refractivity contribution in [3.05, 3.63) is 59.2 Å². The molecule has 2 aromatic rings. The topological polar surface area (TPSA) is 90.9 Å². The minimum Gasteiger partial charge on any atom is -0.479 e. The van der Waals surface area contributed by atoms with Crippen molar-refractivity contribution < 1.29 is 28.6 Å². The Morgan fingerprint density at radius 2 is 1.82 bits per heavy atom. The first-order valence-electron chi connectivity index (χ1n) is 8.69. The summed E-state index contributed by atoms with van der Waals surface area (Å²) in [6.07, 6.45) is -0.862. The lowest BCUT2D eigenvalue weighted by molar-refractivity contribution is -0.153. The van der Waals surface area contributed by atoms with E-state index < -0.39 is 30.6 Å². The molecule has 1 N–H and O–H groups in total. The zero-order valence-electron chi connectivity index (χ0n) is 16.3. The van der Waals surface area contributed by atoms with E-state index >= 15 is 0 Å². The number of benzene rings is 2. The summed E-state index contributed by atoms with van der Waals surface area (Å²) in [5, 5.41) is 2.62. The molecule has 1 atom stereocenters. The van der Waals surface area contributed by atoms with Crippen molar-refractivity contribution in [3.63, 3.8) is 0 Å². The van der Waals surface area contributed by atoms with Crippen molar-refractivity contribution in [2.75, 3.05) is 19.0 Å². The van der Waals surface area contributed by atoms with E-state index in [2.05, 4.69) is 10.1 Å². The number of ether oxygens (including phenoxy) is 3. The molecular weight excluding hydrogens is 362 g/mol. The first kappa shape index (κ1) is 21.0. The highest BCUT2D eigenvalue weighted by Gasteiger charge is 2.18. The molecule has 2 rings (SSSR count). The van der Waals surface area contributed by atoms with Crippen LogP contribution >= 0.6 is 0 Å². The molecule has 1 amide bonds. The van der Waals surface area contributed by atoms with Crippen LogP contribution in [0.1, 0.15) is 28.4 Å². The molecule has 0 spiro atoms.